The third-order valence-electron chi connectivity index (χ3n) is 2.89. The fraction of sp³-hybridized carbons (Fsp3) is 0.250. The lowest BCUT2D eigenvalue weighted by Crippen LogP contribution is -2.18. The van der Waals surface area contributed by atoms with Crippen molar-refractivity contribution in [3.05, 3.63) is 50.2 Å². The van der Waals surface area contributed by atoms with Crippen molar-refractivity contribution in [2.75, 3.05) is 0 Å². The molecule has 2 N–H and O–H groups in total. The van der Waals surface area contributed by atoms with Crippen LogP contribution < -0.4 is 5.73 Å². The molecule has 108 valence electrons. The molecule has 20 heavy (non-hydrogen) atoms. The van der Waals surface area contributed by atoms with Gasteiger partial charge in [0.25, 0.3) is 0 Å². The van der Waals surface area contributed by atoms with E-state index in [2.05, 4.69) is 37.0 Å². The zero-order chi connectivity index (χ0) is 15.1. The van der Waals surface area contributed by atoms with E-state index in [0.717, 1.165) is 12.1 Å². The summed E-state index contributed by atoms with van der Waals surface area (Å²) in [5.41, 5.74) is 6.31. The average molecular weight is 413 g/mol. The summed E-state index contributed by atoms with van der Waals surface area (Å²) in [6.45, 7) is 0. The van der Waals surface area contributed by atoms with E-state index in [1.54, 1.807) is 13.2 Å². The predicted molar refractivity (Wildman–Crippen MR) is 76.1 cm³/mol. The second kappa shape index (κ2) is 5.50. The van der Waals surface area contributed by atoms with Gasteiger partial charge in [0.2, 0.25) is 0 Å². The third-order valence-corrected chi connectivity index (χ3v) is 4.22. The fourth-order valence-electron chi connectivity index (χ4n) is 1.88. The second-order valence-electron chi connectivity index (χ2n) is 4.21. The number of nitrogens with two attached hydrogens (primary N) is 1. The van der Waals surface area contributed by atoms with Gasteiger partial charge in [0.1, 0.15) is 0 Å². The minimum atomic E-state index is -4.40. The number of aromatic nitrogens is 2. The van der Waals surface area contributed by atoms with Gasteiger partial charge in [0.05, 0.1) is 28.0 Å². The normalized spacial score (nSPS) is 13.6. The Bertz CT molecular complexity index is 618. The number of rotatable bonds is 2. The molecule has 0 amide bonds. The van der Waals surface area contributed by atoms with Crippen molar-refractivity contribution in [1.82, 2.24) is 9.78 Å². The first-order valence-electron chi connectivity index (χ1n) is 5.51. The summed E-state index contributed by atoms with van der Waals surface area (Å²) in [4.78, 5) is 0. The number of aryl methyl sites for hydroxylation is 1. The van der Waals surface area contributed by atoms with E-state index in [0.29, 0.717) is 20.2 Å². The molecule has 0 aliphatic heterocycles. The number of halogens is 5. The number of hydrogen-bond acceptors (Lipinski definition) is 2. The highest BCUT2D eigenvalue weighted by atomic mass is 79.9. The zero-order valence-corrected chi connectivity index (χ0v) is 13.4. The Morgan fingerprint density at radius 3 is 2.40 bits per heavy atom. The topological polar surface area (TPSA) is 43.8 Å². The molecule has 0 saturated heterocycles. The molecule has 8 heteroatoms. The molecular weight excluding hydrogens is 403 g/mol. The van der Waals surface area contributed by atoms with E-state index in [4.69, 9.17) is 5.73 Å². The van der Waals surface area contributed by atoms with Crippen molar-refractivity contribution in [1.29, 1.82) is 0 Å². The summed E-state index contributed by atoms with van der Waals surface area (Å²) in [6.07, 6.45) is -2.85. The Morgan fingerprint density at radius 1 is 1.25 bits per heavy atom. The number of nitrogens with zero attached hydrogens (tertiary/aromatic N) is 2. The van der Waals surface area contributed by atoms with Crippen molar-refractivity contribution < 1.29 is 13.2 Å². The summed E-state index contributed by atoms with van der Waals surface area (Å²) in [7, 11) is 1.68. The molecular formula is C12H10Br2F3N3. The standard InChI is InChI=1S/C12H10Br2F3N3/c1-20-11(9(14)5-19-20)10(18)7-4-6(12(15,16)17)2-3-8(7)13/h2-5,10H,18H2,1H3. The first kappa shape index (κ1) is 15.5. The maximum Gasteiger partial charge on any atom is 0.416 e. The molecule has 0 spiro atoms. The van der Waals surface area contributed by atoms with Crippen LogP contribution in [0.25, 0.3) is 0 Å². The SMILES string of the molecule is Cn1ncc(Br)c1C(N)c1cc(C(F)(F)F)ccc1Br. The van der Waals surface area contributed by atoms with Crippen LogP contribution in [0.3, 0.4) is 0 Å². The largest absolute Gasteiger partial charge is 0.416 e. The molecule has 2 aromatic rings. The van der Waals surface area contributed by atoms with Crippen LogP contribution in [-0.2, 0) is 13.2 Å². The van der Waals surface area contributed by atoms with Crippen molar-refractivity contribution in [3.63, 3.8) is 0 Å². The third kappa shape index (κ3) is 2.91. The molecule has 1 aromatic carbocycles. The van der Waals surface area contributed by atoms with Crippen LogP contribution >= 0.6 is 31.9 Å². The second-order valence-corrected chi connectivity index (χ2v) is 5.92. The minimum Gasteiger partial charge on any atom is -0.319 e. The van der Waals surface area contributed by atoms with Crippen molar-refractivity contribution >= 4 is 31.9 Å². The van der Waals surface area contributed by atoms with E-state index < -0.39 is 17.8 Å². The Morgan fingerprint density at radius 2 is 1.90 bits per heavy atom. The van der Waals surface area contributed by atoms with Gasteiger partial charge < -0.3 is 5.73 Å². The van der Waals surface area contributed by atoms with Gasteiger partial charge in [-0.15, -0.1) is 0 Å². The number of benzene rings is 1. The first-order chi connectivity index (χ1) is 9.21. The molecule has 0 bridgehead atoms. The molecule has 0 fully saturated rings. The lowest BCUT2D eigenvalue weighted by molar-refractivity contribution is -0.137. The van der Waals surface area contributed by atoms with Gasteiger partial charge in [-0.05, 0) is 39.7 Å². The molecule has 3 nitrogen and oxygen atoms in total. The summed E-state index contributed by atoms with van der Waals surface area (Å²) in [5.74, 6) is 0. The van der Waals surface area contributed by atoms with E-state index in [1.165, 1.54) is 10.7 Å². The van der Waals surface area contributed by atoms with Crippen LogP contribution in [0.5, 0.6) is 0 Å². The van der Waals surface area contributed by atoms with Crippen LogP contribution in [0.15, 0.2) is 33.3 Å². The van der Waals surface area contributed by atoms with Gasteiger partial charge in [-0.3, -0.25) is 4.68 Å². The van der Waals surface area contributed by atoms with Gasteiger partial charge in [-0.1, -0.05) is 15.9 Å². The Kier molecular flexibility index (Phi) is 4.27. The smallest absolute Gasteiger partial charge is 0.319 e. The highest BCUT2D eigenvalue weighted by molar-refractivity contribution is 9.10. The molecule has 0 radical (unpaired) electrons. The molecule has 2 rings (SSSR count). The summed E-state index contributed by atoms with van der Waals surface area (Å²) >= 11 is 6.54. The van der Waals surface area contributed by atoms with Gasteiger partial charge in [-0.2, -0.15) is 18.3 Å². The summed E-state index contributed by atoms with van der Waals surface area (Å²) in [6, 6.07) is 2.68. The van der Waals surface area contributed by atoms with Crippen molar-refractivity contribution in [2.45, 2.75) is 12.2 Å². The number of alkyl halides is 3. The highest BCUT2D eigenvalue weighted by Crippen LogP contribution is 2.36. The molecule has 0 aliphatic carbocycles. The van der Waals surface area contributed by atoms with Crippen molar-refractivity contribution in [3.8, 4) is 0 Å². The highest BCUT2D eigenvalue weighted by Gasteiger charge is 2.32. The first-order valence-corrected chi connectivity index (χ1v) is 7.10. The average Bonchev–Trinajstić information content (AvgIpc) is 2.67. The van der Waals surface area contributed by atoms with Crippen LogP contribution in [0.2, 0.25) is 0 Å². The Hall–Kier alpha value is -0.860. The van der Waals surface area contributed by atoms with E-state index in [9.17, 15) is 13.2 Å². The maximum atomic E-state index is 12.8. The van der Waals surface area contributed by atoms with Crippen LogP contribution in [0.1, 0.15) is 22.9 Å². The van der Waals surface area contributed by atoms with E-state index in [1.807, 2.05) is 0 Å². The molecule has 1 heterocycles. The van der Waals surface area contributed by atoms with Crippen LogP contribution in [0.4, 0.5) is 13.2 Å². The lowest BCUT2D eigenvalue weighted by atomic mass is 10.0. The van der Waals surface area contributed by atoms with E-state index >= 15 is 0 Å². The molecule has 0 aliphatic rings. The molecule has 1 aromatic heterocycles. The van der Waals surface area contributed by atoms with Crippen LogP contribution in [-0.4, -0.2) is 9.78 Å². The van der Waals surface area contributed by atoms with Crippen LogP contribution in [0, 0.1) is 0 Å². The quantitative estimate of drug-likeness (QED) is 0.809. The Balaban J connectivity index is 2.52. The van der Waals surface area contributed by atoms with Gasteiger partial charge in [0.15, 0.2) is 0 Å². The summed E-state index contributed by atoms with van der Waals surface area (Å²) < 4.78 is 41.0. The predicted octanol–water partition coefficient (Wildman–Crippen LogP) is 4.01. The van der Waals surface area contributed by atoms with Gasteiger partial charge in [0, 0.05) is 11.5 Å². The van der Waals surface area contributed by atoms with E-state index in [-0.39, 0.29) is 0 Å². The molecule has 0 saturated carbocycles. The fourth-order valence-corrected chi connectivity index (χ4v) is 2.96. The molecule has 1 atom stereocenters. The zero-order valence-electron chi connectivity index (χ0n) is 10.2. The maximum absolute atomic E-state index is 12.8. The lowest BCUT2D eigenvalue weighted by Gasteiger charge is -2.17. The monoisotopic (exact) mass is 411 g/mol. The van der Waals surface area contributed by atoms with Gasteiger partial charge in [-0.25, -0.2) is 0 Å². The number of hydrogen-bond donors (Lipinski definition) is 1. The van der Waals surface area contributed by atoms with Gasteiger partial charge >= 0.3 is 6.18 Å². The summed E-state index contributed by atoms with van der Waals surface area (Å²) in [5, 5.41) is 4.02. The Labute approximate surface area is 130 Å². The minimum absolute atomic E-state index is 0.351. The van der Waals surface area contributed by atoms with Crippen molar-refractivity contribution in [2.24, 2.45) is 12.8 Å². The molecule has 1 unspecified atom stereocenters.